The number of nitrogens with one attached hydrogen (secondary N) is 1. The van der Waals surface area contributed by atoms with E-state index in [1.165, 1.54) is 0 Å². The Morgan fingerprint density at radius 1 is 1.40 bits per heavy atom. The largest absolute Gasteiger partial charge is 0.507 e. The summed E-state index contributed by atoms with van der Waals surface area (Å²) in [6.07, 6.45) is 1.26. The van der Waals surface area contributed by atoms with E-state index in [-0.39, 0.29) is 11.7 Å². The highest BCUT2D eigenvalue weighted by molar-refractivity contribution is 5.96. The van der Waals surface area contributed by atoms with Gasteiger partial charge < -0.3 is 20.9 Å². The number of benzene rings is 1. The number of anilines is 1. The lowest BCUT2D eigenvalue weighted by atomic mass is 9.79. The van der Waals surface area contributed by atoms with E-state index in [0.717, 1.165) is 5.56 Å². The summed E-state index contributed by atoms with van der Waals surface area (Å²) in [5, 5.41) is 12.8. The molecule has 1 aliphatic rings. The van der Waals surface area contributed by atoms with Gasteiger partial charge in [0, 0.05) is 31.0 Å². The van der Waals surface area contributed by atoms with E-state index in [1.807, 2.05) is 13.0 Å². The van der Waals surface area contributed by atoms with E-state index in [4.69, 9.17) is 10.5 Å². The van der Waals surface area contributed by atoms with Crippen molar-refractivity contribution in [3.05, 3.63) is 23.3 Å². The molecule has 4 N–H and O–H groups in total. The summed E-state index contributed by atoms with van der Waals surface area (Å²) in [5.41, 5.74) is 7.36. The molecule has 0 atom stereocenters. The maximum absolute atomic E-state index is 12.5. The van der Waals surface area contributed by atoms with Crippen LogP contribution in [-0.2, 0) is 9.53 Å². The van der Waals surface area contributed by atoms with Crippen molar-refractivity contribution in [1.82, 2.24) is 0 Å². The number of rotatable bonds is 3. The number of phenolic OH excluding ortho intramolecular Hbond substituents is 1. The monoisotopic (exact) mass is 278 g/mol. The lowest BCUT2D eigenvalue weighted by Gasteiger charge is -2.34. The zero-order chi connectivity index (χ0) is 14.8. The lowest BCUT2D eigenvalue weighted by molar-refractivity contribution is -0.130. The Balaban J connectivity index is 2.21. The molecule has 0 aromatic heterocycles. The molecular formula is C15H22N2O3. The average Bonchev–Trinajstić information content (AvgIpc) is 2.48. The zero-order valence-corrected chi connectivity index (χ0v) is 12.0. The topological polar surface area (TPSA) is 84.6 Å². The van der Waals surface area contributed by atoms with Crippen LogP contribution in [0, 0.1) is 19.3 Å². The van der Waals surface area contributed by atoms with Gasteiger partial charge in [0.15, 0.2) is 0 Å². The van der Waals surface area contributed by atoms with Gasteiger partial charge >= 0.3 is 0 Å². The highest BCUT2D eigenvalue weighted by Crippen LogP contribution is 2.33. The van der Waals surface area contributed by atoms with E-state index in [0.29, 0.717) is 43.9 Å². The van der Waals surface area contributed by atoms with Crippen LogP contribution >= 0.6 is 0 Å². The summed E-state index contributed by atoms with van der Waals surface area (Å²) in [7, 11) is 0. The first-order valence-corrected chi connectivity index (χ1v) is 6.88. The molecule has 0 aliphatic carbocycles. The van der Waals surface area contributed by atoms with Gasteiger partial charge in [-0.3, -0.25) is 4.79 Å². The summed E-state index contributed by atoms with van der Waals surface area (Å²) in [6, 6.07) is 3.60. The van der Waals surface area contributed by atoms with Crippen LogP contribution in [0.1, 0.15) is 24.0 Å². The fourth-order valence-corrected chi connectivity index (χ4v) is 2.51. The molecule has 1 aliphatic heterocycles. The number of ether oxygens (including phenoxy) is 1. The molecule has 1 saturated heterocycles. The Labute approximate surface area is 119 Å². The minimum Gasteiger partial charge on any atom is -0.507 e. The van der Waals surface area contributed by atoms with Crippen LogP contribution in [0.4, 0.5) is 5.69 Å². The van der Waals surface area contributed by atoms with E-state index >= 15 is 0 Å². The molecule has 20 heavy (non-hydrogen) atoms. The molecule has 1 aromatic carbocycles. The molecule has 110 valence electrons. The number of hydrogen-bond donors (Lipinski definition) is 3. The Bertz CT molecular complexity index is 508. The van der Waals surface area contributed by atoms with Gasteiger partial charge in [0.25, 0.3) is 0 Å². The molecule has 0 radical (unpaired) electrons. The summed E-state index contributed by atoms with van der Waals surface area (Å²) in [5.74, 6) is 0.131. The minimum absolute atomic E-state index is 0.0883. The maximum Gasteiger partial charge on any atom is 0.232 e. The number of phenols is 1. The van der Waals surface area contributed by atoms with Crippen LogP contribution in [0.5, 0.6) is 5.75 Å². The SMILES string of the molecule is Cc1ccc(NC(=O)C2(CN)CCOCC2)c(C)c1O. The van der Waals surface area contributed by atoms with Gasteiger partial charge in [0.1, 0.15) is 5.75 Å². The zero-order valence-electron chi connectivity index (χ0n) is 12.0. The molecular weight excluding hydrogens is 256 g/mol. The van der Waals surface area contributed by atoms with Gasteiger partial charge in [-0.2, -0.15) is 0 Å². The minimum atomic E-state index is -0.564. The van der Waals surface area contributed by atoms with Crippen LogP contribution in [-0.4, -0.2) is 30.8 Å². The highest BCUT2D eigenvalue weighted by atomic mass is 16.5. The molecule has 5 nitrogen and oxygen atoms in total. The van der Waals surface area contributed by atoms with Gasteiger partial charge in [-0.25, -0.2) is 0 Å². The Morgan fingerprint density at radius 3 is 2.65 bits per heavy atom. The number of carbonyl (C=O) groups is 1. The number of nitrogens with two attached hydrogens (primary N) is 1. The first kappa shape index (κ1) is 14.8. The summed E-state index contributed by atoms with van der Waals surface area (Å²) in [6.45, 7) is 5.04. The van der Waals surface area contributed by atoms with Gasteiger partial charge in [-0.1, -0.05) is 6.07 Å². The Morgan fingerprint density at radius 2 is 2.05 bits per heavy atom. The number of aromatic hydroxyl groups is 1. The predicted octanol–water partition coefficient (Wildman–Crippen LogP) is 1.70. The van der Waals surface area contributed by atoms with E-state index in [9.17, 15) is 9.90 Å². The Hall–Kier alpha value is -1.59. The standard InChI is InChI=1S/C15H22N2O3/c1-10-3-4-12(11(2)13(10)18)17-14(19)15(9-16)5-7-20-8-6-15/h3-4,18H,5-9,16H2,1-2H3,(H,17,19). The van der Waals surface area contributed by atoms with Crippen molar-refractivity contribution < 1.29 is 14.6 Å². The second-order valence-corrected chi connectivity index (χ2v) is 5.45. The molecule has 1 heterocycles. The summed E-state index contributed by atoms with van der Waals surface area (Å²) >= 11 is 0. The quantitative estimate of drug-likeness (QED) is 0.785. The molecule has 1 aromatic rings. The molecule has 0 unspecified atom stereocenters. The third-order valence-electron chi connectivity index (χ3n) is 4.20. The van der Waals surface area contributed by atoms with Crippen molar-refractivity contribution in [2.75, 3.05) is 25.1 Å². The average molecular weight is 278 g/mol. The first-order valence-electron chi connectivity index (χ1n) is 6.88. The van der Waals surface area contributed by atoms with Crippen LogP contribution in [0.3, 0.4) is 0 Å². The van der Waals surface area contributed by atoms with E-state index < -0.39 is 5.41 Å². The number of aryl methyl sites for hydroxylation is 1. The Kier molecular flexibility index (Phi) is 4.30. The van der Waals surface area contributed by atoms with Gasteiger partial charge in [-0.15, -0.1) is 0 Å². The summed E-state index contributed by atoms with van der Waals surface area (Å²) in [4.78, 5) is 12.5. The molecule has 1 fully saturated rings. The summed E-state index contributed by atoms with van der Waals surface area (Å²) < 4.78 is 5.31. The van der Waals surface area contributed by atoms with Crippen LogP contribution in [0.15, 0.2) is 12.1 Å². The normalized spacial score (nSPS) is 17.8. The van der Waals surface area contributed by atoms with E-state index in [2.05, 4.69) is 5.32 Å². The second-order valence-electron chi connectivity index (χ2n) is 5.45. The third kappa shape index (κ3) is 2.64. The number of amides is 1. The molecule has 1 amide bonds. The van der Waals surface area contributed by atoms with E-state index in [1.54, 1.807) is 13.0 Å². The molecule has 0 spiro atoms. The van der Waals surface area contributed by atoms with Gasteiger partial charge in [-0.05, 0) is 38.3 Å². The second kappa shape index (κ2) is 5.81. The van der Waals surface area contributed by atoms with Crippen molar-refractivity contribution in [1.29, 1.82) is 0 Å². The van der Waals surface area contributed by atoms with Crippen LogP contribution in [0.25, 0.3) is 0 Å². The maximum atomic E-state index is 12.5. The predicted molar refractivity (Wildman–Crippen MR) is 77.8 cm³/mol. The number of carbonyl (C=O) groups excluding carboxylic acids is 1. The highest BCUT2D eigenvalue weighted by Gasteiger charge is 2.39. The molecule has 0 bridgehead atoms. The van der Waals surface area contributed by atoms with Crippen molar-refractivity contribution in [2.24, 2.45) is 11.1 Å². The van der Waals surface area contributed by atoms with Crippen LogP contribution in [0.2, 0.25) is 0 Å². The van der Waals surface area contributed by atoms with Crippen molar-refractivity contribution in [3.63, 3.8) is 0 Å². The van der Waals surface area contributed by atoms with Gasteiger partial charge in [0.05, 0.1) is 5.41 Å². The molecule has 0 saturated carbocycles. The van der Waals surface area contributed by atoms with Crippen molar-refractivity contribution >= 4 is 11.6 Å². The molecule has 2 rings (SSSR count). The van der Waals surface area contributed by atoms with Crippen LogP contribution < -0.4 is 11.1 Å². The fraction of sp³-hybridized carbons (Fsp3) is 0.533. The first-order chi connectivity index (χ1) is 9.50. The smallest absolute Gasteiger partial charge is 0.232 e. The lowest BCUT2D eigenvalue weighted by Crippen LogP contribution is -2.46. The third-order valence-corrected chi connectivity index (χ3v) is 4.20. The molecule has 5 heteroatoms. The fourth-order valence-electron chi connectivity index (χ4n) is 2.51. The number of hydrogen-bond acceptors (Lipinski definition) is 4. The van der Waals surface area contributed by atoms with Gasteiger partial charge in [0.2, 0.25) is 5.91 Å². The van der Waals surface area contributed by atoms with Crippen molar-refractivity contribution in [3.8, 4) is 5.75 Å². The van der Waals surface area contributed by atoms with Crippen molar-refractivity contribution in [2.45, 2.75) is 26.7 Å².